The lowest BCUT2D eigenvalue weighted by Crippen LogP contribution is -2.36. The van der Waals surface area contributed by atoms with Crippen molar-refractivity contribution >= 4 is 6.03 Å². The highest BCUT2D eigenvalue weighted by atomic mass is 19.1. The van der Waals surface area contributed by atoms with E-state index in [2.05, 4.69) is 17.4 Å². The number of hydrogen-bond donors (Lipinski definition) is 1. The fraction of sp³-hybridized carbons (Fsp3) is 0.316. The number of fused-ring (bicyclic) bond motifs is 1. The minimum Gasteiger partial charge on any atom is -0.334 e. The maximum absolute atomic E-state index is 13.8. The first-order valence-electron chi connectivity index (χ1n) is 8.04. The topological polar surface area (TPSA) is 35.6 Å². The molecule has 1 aliphatic heterocycles. The monoisotopic (exact) mass is 327 g/mol. The van der Waals surface area contributed by atoms with Crippen LogP contribution in [-0.2, 0) is 26.2 Å². The van der Waals surface area contributed by atoms with Gasteiger partial charge in [0.1, 0.15) is 5.82 Å². The zero-order chi connectivity index (χ0) is 17.1. The average Bonchev–Trinajstić information content (AvgIpc) is 2.99. The highest BCUT2D eigenvalue weighted by molar-refractivity contribution is 5.75. The van der Waals surface area contributed by atoms with E-state index in [-0.39, 0.29) is 11.8 Å². The SMILES string of the molecule is CN(C)Cc1cc(CNC(=O)N2Cc3ccccc3C2)ccc1F. The molecule has 0 saturated heterocycles. The molecule has 126 valence electrons. The molecular weight excluding hydrogens is 305 g/mol. The molecule has 0 aliphatic carbocycles. The van der Waals surface area contributed by atoms with Crippen molar-refractivity contribution in [3.63, 3.8) is 0 Å². The van der Waals surface area contributed by atoms with E-state index in [9.17, 15) is 9.18 Å². The molecule has 0 bridgehead atoms. The van der Waals surface area contributed by atoms with E-state index in [4.69, 9.17) is 0 Å². The number of carbonyl (C=O) groups is 1. The Bertz CT molecular complexity index is 720. The molecular formula is C19H22FN3O. The van der Waals surface area contributed by atoms with Crippen molar-refractivity contribution in [1.29, 1.82) is 0 Å². The third-order valence-electron chi connectivity index (χ3n) is 4.17. The fourth-order valence-electron chi connectivity index (χ4n) is 2.97. The third-order valence-corrected chi connectivity index (χ3v) is 4.17. The van der Waals surface area contributed by atoms with Gasteiger partial charge in [-0.05, 0) is 42.9 Å². The molecule has 3 rings (SSSR count). The second kappa shape index (κ2) is 7.01. The van der Waals surface area contributed by atoms with E-state index in [0.717, 1.165) is 5.56 Å². The van der Waals surface area contributed by atoms with Crippen LogP contribution in [0.2, 0.25) is 0 Å². The van der Waals surface area contributed by atoms with Gasteiger partial charge in [0.15, 0.2) is 0 Å². The standard InChI is InChI=1S/C19H22FN3O/c1-22(2)11-17-9-14(7-8-18(17)20)10-21-19(24)23-12-15-5-3-4-6-16(15)13-23/h3-9H,10-13H2,1-2H3,(H,21,24). The number of amides is 2. The lowest BCUT2D eigenvalue weighted by atomic mass is 10.1. The van der Waals surface area contributed by atoms with Crippen LogP contribution < -0.4 is 5.32 Å². The molecule has 0 unspecified atom stereocenters. The molecule has 1 heterocycles. The summed E-state index contributed by atoms with van der Waals surface area (Å²) in [7, 11) is 3.80. The van der Waals surface area contributed by atoms with Crippen LogP contribution in [-0.4, -0.2) is 29.9 Å². The number of halogens is 1. The highest BCUT2D eigenvalue weighted by Crippen LogP contribution is 2.22. The number of carbonyl (C=O) groups excluding carboxylic acids is 1. The predicted molar refractivity (Wildman–Crippen MR) is 91.7 cm³/mol. The molecule has 1 N–H and O–H groups in total. The van der Waals surface area contributed by atoms with E-state index < -0.39 is 0 Å². The largest absolute Gasteiger partial charge is 0.334 e. The van der Waals surface area contributed by atoms with Crippen molar-refractivity contribution in [2.75, 3.05) is 14.1 Å². The molecule has 2 aromatic rings. The predicted octanol–water partition coefficient (Wildman–Crippen LogP) is 3.11. The van der Waals surface area contributed by atoms with Crippen LogP contribution in [0, 0.1) is 5.82 Å². The van der Waals surface area contributed by atoms with Gasteiger partial charge in [-0.25, -0.2) is 9.18 Å². The van der Waals surface area contributed by atoms with E-state index >= 15 is 0 Å². The van der Waals surface area contributed by atoms with Crippen molar-refractivity contribution < 1.29 is 9.18 Å². The summed E-state index contributed by atoms with van der Waals surface area (Å²) in [6.45, 7) is 2.20. The lowest BCUT2D eigenvalue weighted by Gasteiger charge is -2.17. The Morgan fingerprint density at radius 1 is 1.17 bits per heavy atom. The first-order valence-corrected chi connectivity index (χ1v) is 8.04. The minimum absolute atomic E-state index is 0.0929. The molecule has 24 heavy (non-hydrogen) atoms. The van der Waals surface area contributed by atoms with Gasteiger partial charge in [-0.3, -0.25) is 0 Å². The first-order chi connectivity index (χ1) is 11.5. The van der Waals surface area contributed by atoms with Crippen molar-refractivity contribution in [1.82, 2.24) is 15.1 Å². The van der Waals surface area contributed by atoms with Gasteiger partial charge >= 0.3 is 6.03 Å². The third kappa shape index (κ3) is 3.74. The number of urea groups is 1. The Balaban J connectivity index is 1.59. The normalized spacial score (nSPS) is 13.2. The van der Waals surface area contributed by atoms with Crippen LogP contribution in [0.3, 0.4) is 0 Å². The number of benzene rings is 2. The van der Waals surface area contributed by atoms with Crippen molar-refractivity contribution in [2.24, 2.45) is 0 Å². The first kappa shape index (κ1) is 16.5. The summed E-state index contributed by atoms with van der Waals surface area (Å²) in [5.41, 5.74) is 3.93. The Labute approximate surface area is 141 Å². The Hall–Kier alpha value is -2.40. The van der Waals surface area contributed by atoms with Crippen LogP contribution in [0.25, 0.3) is 0 Å². The van der Waals surface area contributed by atoms with Gasteiger partial charge in [0.2, 0.25) is 0 Å². The fourth-order valence-corrected chi connectivity index (χ4v) is 2.97. The zero-order valence-corrected chi connectivity index (χ0v) is 14.1. The number of hydrogen-bond acceptors (Lipinski definition) is 2. The summed E-state index contributed by atoms with van der Waals surface area (Å²) in [5, 5.41) is 2.93. The van der Waals surface area contributed by atoms with Crippen LogP contribution in [0.1, 0.15) is 22.3 Å². The second-order valence-corrected chi connectivity index (χ2v) is 6.45. The Kier molecular flexibility index (Phi) is 4.81. The number of rotatable bonds is 4. The van der Waals surface area contributed by atoms with Crippen LogP contribution in [0.4, 0.5) is 9.18 Å². The van der Waals surface area contributed by atoms with Gasteiger partial charge in [0.05, 0.1) is 0 Å². The summed E-state index contributed by atoms with van der Waals surface area (Å²) in [6, 6.07) is 13.0. The summed E-state index contributed by atoms with van der Waals surface area (Å²) in [4.78, 5) is 16.1. The quantitative estimate of drug-likeness (QED) is 0.936. The van der Waals surface area contributed by atoms with Gasteiger partial charge in [-0.2, -0.15) is 0 Å². The smallest absolute Gasteiger partial charge is 0.318 e. The zero-order valence-electron chi connectivity index (χ0n) is 14.1. The maximum atomic E-state index is 13.8. The molecule has 4 nitrogen and oxygen atoms in total. The molecule has 0 radical (unpaired) electrons. The van der Waals surface area contributed by atoms with Gasteiger partial charge < -0.3 is 15.1 Å². The molecule has 1 aliphatic rings. The minimum atomic E-state index is -0.214. The summed E-state index contributed by atoms with van der Waals surface area (Å²) >= 11 is 0. The molecule has 0 fully saturated rings. The average molecular weight is 327 g/mol. The van der Waals surface area contributed by atoms with Gasteiger partial charge in [0.25, 0.3) is 0 Å². The lowest BCUT2D eigenvalue weighted by molar-refractivity contribution is 0.198. The highest BCUT2D eigenvalue weighted by Gasteiger charge is 2.22. The van der Waals surface area contributed by atoms with E-state index in [0.29, 0.717) is 31.7 Å². The molecule has 5 heteroatoms. The molecule has 2 aromatic carbocycles. The molecule has 0 atom stereocenters. The van der Waals surface area contributed by atoms with Gasteiger partial charge in [-0.15, -0.1) is 0 Å². The van der Waals surface area contributed by atoms with Crippen molar-refractivity contribution in [2.45, 2.75) is 26.2 Å². The van der Waals surface area contributed by atoms with E-state index in [1.54, 1.807) is 11.0 Å². The summed E-state index contributed by atoms with van der Waals surface area (Å²) in [5.74, 6) is -0.214. The molecule has 0 saturated carbocycles. The van der Waals surface area contributed by atoms with Crippen molar-refractivity contribution in [3.05, 3.63) is 70.5 Å². The Morgan fingerprint density at radius 2 is 1.83 bits per heavy atom. The van der Waals surface area contributed by atoms with Crippen LogP contribution in [0.5, 0.6) is 0 Å². The van der Waals surface area contributed by atoms with Crippen molar-refractivity contribution in [3.8, 4) is 0 Å². The number of nitrogens with zero attached hydrogens (tertiary/aromatic N) is 2. The van der Waals surface area contributed by atoms with Crippen LogP contribution >= 0.6 is 0 Å². The molecule has 0 aromatic heterocycles. The van der Waals surface area contributed by atoms with Gasteiger partial charge in [0, 0.05) is 31.7 Å². The second-order valence-electron chi connectivity index (χ2n) is 6.45. The number of nitrogens with one attached hydrogen (secondary N) is 1. The molecule has 0 spiro atoms. The van der Waals surface area contributed by atoms with Gasteiger partial charge in [-0.1, -0.05) is 30.3 Å². The van der Waals surface area contributed by atoms with E-state index in [1.807, 2.05) is 37.2 Å². The maximum Gasteiger partial charge on any atom is 0.318 e. The molecule has 2 amide bonds. The summed E-state index contributed by atoms with van der Waals surface area (Å²) < 4.78 is 13.8. The van der Waals surface area contributed by atoms with E-state index in [1.165, 1.54) is 17.2 Å². The Morgan fingerprint density at radius 3 is 2.46 bits per heavy atom. The summed E-state index contributed by atoms with van der Waals surface area (Å²) in [6.07, 6.45) is 0. The van der Waals surface area contributed by atoms with Crippen LogP contribution in [0.15, 0.2) is 42.5 Å².